The number of benzene rings is 3. The lowest BCUT2D eigenvalue weighted by Gasteiger charge is -2.09. The molecule has 0 N–H and O–H groups in total. The summed E-state index contributed by atoms with van der Waals surface area (Å²) in [6.45, 7) is 1.97. The highest BCUT2D eigenvalue weighted by Gasteiger charge is 2.16. The molecule has 0 saturated carbocycles. The van der Waals surface area contributed by atoms with Crippen LogP contribution in [0.1, 0.15) is 27.9 Å². The van der Waals surface area contributed by atoms with Crippen molar-refractivity contribution in [1.82, 2.24) is 0 Å². The highest BCUT2D eigenvalue weighted by Crippen LogP contribution is 2.24. The number of esters is 1. The molecule has 140 valence electrons. The number of carbonyl (C=O) groups is 1. The van der Waals surface area contributed by atoms with Crippen molar-refractivity contribution in [3.8, 4) is 29.2 Å². The Labute approximate surface area is 162 Å². The third-order valence-corrected chi connectivity index (χ3v) is 4.35. The van der Waals surface area contributed by atoms with Gasteiger partial charge in [0.25, 0.3) is 0 Å². The molecule has 0 aliphatic rings. The fourth-order valence-corrected chi connectivity index (χ4v) is 2.77. The van der Waals surface area contributed by atoms with Crippen LogP contribution in [0.25, 0.3) is 11.1 Å². The van der Waals surface area contributed by atoms with Gasteiger partial charge < -0.3 is 4.74 Å². The number of aryl methyl sites for hydroxylation is 2. The van der Waals surface area contributed by atoms with Crippen LogP contribution in [0.2, 0.25) is 0 Å². The molecule has 3 aromatic carbocycles. The van der Waals surface area contributed by atoms with Gasteiger partial charge in [-0.3, -0.25) is 0 Å². The molecule has 0 atom stereocenters. The quantitative estimate of drug-likeness (QED) is 0.323. The molecule has 0 aliphatic carbocycles. The molecule has 2 nitrogen and oxygen atoms in total. The second kappa shape index (κ2) is 8.49. The van der Waals surface area contributed by atoms with Crippen LogP contribution in [0, 0.1) is 30.9 Å². The van der Waals surface area contributed by atoms with Crippen LogP contribution in [-0.2, 0) is 6.42 Å². The number of terminal acetylenes is 1. The standard InChI is InChI=1S/C24H18F2O2/c1-3-4-5-18-10-12-20(15-22(18)25)28-24(27)21-13-11-19(14-23(21)26)17-8-6-16(2)7-9-17/h1,6-15H,4-5H2,2H3. The first kappa shape index (κ1) is 19.3. The molecule has 4 heteroatoms. The lowest BCUT2D eigenvalue weighted by atomic mass is 10.0. The minimum Gasteiger partial charge on any atom is -0.423 e. The van der Waals surface area contributed by atoms with E-state index in [4.69, 9.17) is 11.2 Å². The molecule has 0 unspecified atom stereocenters. The van der Waals surface area contributed by atoms with E-state index in [0.717, 1.165) is 17.2 Å². The predicted molar refractivity (Wildman–Crippen MR) is 105 cm³/mol. The fourth-order valence-electron chi connectivity index (χ4n) is 2.77. The van der Waals surface area contributed by atoms with E-state index in [9.17, 15) is 13.6 Å². The van der Waals surface area contributed by atoms with Gasteiger partial charge in [-0.1, -0.05) is 42.0 Å². The summed E-state index contributed by atoms with van der Waals surface area (Å²) in [5.41, 5.74) is 2.81. The second-order valence-electron chi connectivity index (χ2n) is 6.41. The maximum atomic E-state index is 14.5. The molecule has 0 amide bonds. The Bertz CT molecular complexity index is 1050. The average Bonchev–Trinajstić information content (AvgIpc) is 2.68. The van der Waals surface area contributed by atoms with Crippen LogP contribution in [0.3, 0.4) is 0 Å². The molecule has 0 radical (unpaired) electrons. The first-order chi connectivity index (χ1) is 13.5. The van der Waals surface area contributed by atoms with E-state index < -0.39 is 17.6 Å². The Morgan fingerprint density at radius 1 is 0.964 bits per heavy atom. The van der Waals surface area contributed by atoms with Crippen molar-refractivity contribution in [2.75, 3.05) is 0 Å². The van der Waals surface area contributed by atoms with E-state index in [1.54, 1.807) is 6.07 Å². The van der Waals surface area contributed by atoms with Gasteiger partial charge in [0.1, 0.15) is 17.4 Å². The fraction of sp³-hybridized carbons (Fsp3) is 0.125. The van der Waals surface area contributed by atoms with Crippen molar-refractivity contribution in [2.45, 2.75) is 19.8 Å². The maximum Gasteiger partial charge on any atom is 0.346 e. The predicted octanol–water partition coefficient (Wildman–Crippen LogP) is 5.73. The molecular formula is C24H18F2O2. The Balaban J connectivity index is 1.76. The molecule has 0 spiro atoms. The molecule has 0 aromatic heterocycles. The molecule has 3 aromatic rings. The van der Waals surface area contributed by atoms with E-state index in [1.807, 2.05) is 31.2 Å². The van der Waals surface area contributed by atoms with Crippen LogP contribution in [0.5, 0.6) is 5.75 Å². The van der Waals surface area contributed by atoms with E-state index in [0.29, 0.717) is 24.0 Å². The highest BCUT2D eigenvalue weighted by atomic mass is 19.1. The third-order valence-electron chi connectivity index (χ3n) is 4.35. The van der Waals surface area contributed by atoms with E-state index in [1.165, 1.54) is 24.3 Å². The molecule has 0 aliphatic heterocycles. The molecule has 3 rings (SSSR count). The smallest absolute Gasteiger partial charge is 0.346 e. The summed E-state index contributed by atoms with van der Waals surface area (Å²) in [6, 6.07) is 16.0. The Hall–Kier alpha value is -3.45. The van der Waals surface area contributed by atoms with Gasteiger partial charge in [-0.05, 0) is 48.2 Å². The number of ether oxygens (including phenoxy) is 1. The zero-order valence-corrected chi connectivity index (χ0v) is 15.3. The maximum absolute atomic E-state index is 14.5. The molecule has 0 heterocycles. The van der Waals surface area contributed by atoms with Gasteiger partial charge in [0, 0.05) is 12.5 Å². The van der Waals surface area contributed by atoms with E-state index >= 15 is 0 Å². The summed E-state index contributed by atoms with van der Waals surface area (Å²) in [6.07, 6.45) is 5.98. The van der Waals surface area contributed by atoms with Gasteiger partial charge in [0.05, 0.1) is 5.56 Å². The minimum atomic E-state index is -0.885. The van der Waals surface area contributed by atoms with Crippen LogP contribution in [0.15, 0.2) is 60.7 Å². The summed E-state index contributed by atoms with van der Waals surface area (Å²) in [7, 11) is 0. The monoisotopic (exact) mass is 376 g/mol. The molecule has 0 bridgehead atoms. The molecule has 28 heavy (non-hydrogen) atoms. The molecular weight excluding hydrogens is 358 g/mol. The van der Waals surface area contributed by atoms with Crippen LogP contribution in [0.4, 0.5) is 8.78 Å². The van der Waals surface area contributed by atoms with Gasteiger partial charge in [-0.25, -0.2) is 13.6 Å². The normalized spacial score (nSPS) is 10.4. The van der Waals surface area contributed by atoms with Crippen molar-refractivity contribution < 1.29 is 18.3 Å². The number of hydrogen-bond donors (Lipinski definition) is 0. The topological polar surface area (TPSA) is 26.3 Å². The van der Waals surface area contributed by atoms with Crippen molar-refractivity contribution in [3.05, 3.63) is 89.0 Å². The van der Waals surface area contributed by atoms with Gasteiger partial charge in [0.2, 0.25) is 0 Å². The van der Waals surface area contributed by atoms with E-state index in [-0.39, 0.29) is 11.3 Å². The van der Waals surface area contributed by atoms with Gasteiger partial charge in [-0.2, -0.15) is 0 Å². The minimum absolute atomic E-state index is 0.00830. The third kappa shape index (κ3) is 4.44. The molecule has 0 saturated heterocycles. The van der Waals surface area contributed by atoms with Crippen molar-refractivity contribution in [1.29, 1.82) is 0 Å². The van der Waals surface area contributed by atoms with Crippen molar-refractivity contribution in [3.63, 3.8) is 0 Å². The Kier molecular flexibility index (Phi) is 5.86. The summed E-state index contributed by atoms with van der Waals surface area (Å²) in [5.74, 6) is 0.348. The van der Waals surface area contributed by atoms with Gasteiger partial charge in [-0.15, -0.1) is 12.3 Å². The first-order valence-corrected chi connectivity index (χ1v) is 8.78. The SMILES string of the molecule is C#CCCc1ccc(OC(=O)c2ccc(-c3ccc(C)cc3)cc2F)cc1F. The second-order valence-corrected chi connectivity index (χ2v) is 6.41. The van der Waals surface area contributed by atoms with E-state index in [2.05, 4.69) is 5.92 Å². The summed E-state index contributed by atoms with van der Waals surface area (Å²) in [4.78, 5) is 12.3. The zero-order chi connectivity index (χ0) is 20.1. The summed E-state index contributed by atoms with van der Waals surface area (Å²) < 4.78 is 33.6. The van der Waals surface area contributed by atoms with Gasteiger partial charge in [0.15, 0.2) is 0 Å². The lowest BCUT2D eigenvalue weighted by molar-refractivity contribution is 0.0729. The summed E-state index contributed by atoms with van der Waals surface area (Å²) in [5, 5.41) is 0. The number of hydrogen-bond acceptors (Lipinski definition) is 2. The van der Waals surface area contributed by atoms with Gasteiger partial charge >= 0.3 is 5.97 Å². The largest absolute Gasteiger partial charge is 0.423 e. The lowest BCUT2D eigenvalue weighted by Crippen LogP contribution is -2.11. The first-order valence-electron chi connectivity index (χ1n) is 8.78. The Morgan fingerprint density at radius 2 is 1.68 bits per heavy atom. The van der Waals surface area contributed by atoms with Crippen LogP contribution < -0.4 is 4.74 Å². The number of halogens is 2. The highest BCUT2D eigenvalue weighted by molar-refractivity contribution is 5.92. The number of rotatable bonds is 5. The summed E-state index contributed by atoms with van der Waals surface area (Å²) >= 11 is 0. The average molecular weight is 376 g/mol. The molecule has 0 fully saturated rings. The number of carbonyl (C=O) groups excluding carboxylic acids is 1. The van der Waals surface area contributed by atoms with Crippen molar-refractivity contribution in [2.24, 2.45) is 0 Å². The van der Waals surface area contributed by atoms with Crippen LogP contribution in [-0.4, -0.2) is 5.97 Å². The zero-order valence-electron chi connectivity index (χ0n) is 15.3. The van der Waals surface area contributed by atoms with Crippen molar-refractivity contribution >= 4 is 5.97 Å². The Morgan fingerprint density at radius 3 is 2.32 bits per heavy atom. The van der Waals surface area contributed by atoms with Crippen LogP contribution >= 0.6 is 0 Å².